The first-order valence-electron chi connectivity index (χ1n) is 7.37. The van der Waals surface area contributed by atoms with E-state index in [0.29, 0.717) is 25.2 Å². The molecular weight excluding hydrogens is 250 g/mol. The fraction of sp³-hybridized carbons (Fsp3) is 0.529. The minimum absolute atomic E-state index is 0.363. The molecule has 0 spiro atoms. The number of fused-ring (bicyclic) bond motifs is 1. The second kappa shape index (κ2) is 5.76. The minimum Gasteiger partial charge on any atom is -0.486 e. The van der Waals surface area contributed by atoms with Crippen LogP contribution >= 0.6 is 0 Å². The second-order valence-electron chi connectivity index (χ2n) is 5.58. The highest BCUT2D eigenvalue weighted by Gasteiger charge is 2.24. The second-order valence-corrected chi connectivity index (χ2v) is 5.58. The summed E-state index contributed by atoms with van der Waals surface area (Å²) in [6, 6.07) is 6.63. The fourth-order valence-electron chi connectivity index (χ4n) is 3.02. The van der Waals surface area contributed by atoms with Gasteiger partial charge >= 0.3 is 0 Å². The average Bonchev–Trinajstić information content (AvgIpc) is 2.53. The molecule has 106 valence electrons. The molecule has 20 heavy (non-hydrogen) atoms. The highest BCUT2D eigenvalue weighted by atomic mass is 16.6. The normalized spacial score (nSPS) is 23.9. The van der Waals surface area contributed by atoms with E-state index in [1.165, 1.54) is 12.0 Å². The Kier molecular flexibility index (Phi) is 3.84. The first kappa shape index (κ1) is 13.3. The lowest BCUT2D eigenvalue weighted by molar-refractivity contribution is 0.150. The SMILES string of the molecule is C#CC1CCCN(C(C)c2ccc3c(c2)OCCO3)C1. The first-order valence-corrected chi connectivity index (χ1v) is 7.37. The van der Waals surface area contributed by atoms with Gasteiger partial charge in [0.1, 0.15) is 13.2 Å². The molecule has 1 aromatic carbocycles. The number of nitrogens with zero attached hydrogens (tertiary/aromatic N) is 1. The number of terminal acetylenes is 1. The molecule has 0 radical (unpaired) electrons. The number of ether oxygens (including phenoxy) is 2. The van der Waals surface area contributed by atoms with Crippen molar-refractivity contribution < 1.29 is 9.47 Å². The van der Waals surface area contributed by atoms with Gasteiger partial charge in [0.2, 0.25) is 0 Å². The third kappa shape index (κ3) is 2.62. The van der Waals surface area contributed by atoms with Crippen molar-refractivity contribution in [3.8, 4) is 23.8 Å². The van der Waals surface area contributed by atoms with Crippen molar-refractivity contribution in [1.82, 2.24) is 4.90 Å². The molecule has 0 bridgehead atoms. The Bertz CT molecular complexity index is 520. The van der Waals surface area contributed by atoms with Gasteiger partial charge in [-0.2, -0.15) is 0 Å². The Balaban J connectivity index is 1.76. The lowest BCUT2D eigenvalue weighted by atomic mass is 9.96. The highest BCUT2D eigenvalue weighted by molar-refractivity contribution is 5.44. The van der Waals surface area contributed by atoms with Crippen LogP contribution in [0.3, 0.4) is 0 Å². The molecule has 2 aliphatic heterocycles. The number of benzene rings is 1. The molecule has 0 saturated carbocycles. The smallest absolute Gasteiger partial charge is 0.161 e. The Morgan fingerprint density at radius 2 is 2.10 bits per heavy atom. The summed E-state index contributed by atoms with van der Waals surface area (Å²) in [5.41, 5.74) is 1.27. The van der Waals surface area contributed by atoms with Crippen molar-refractivity contribution >= 4 is 0 Å². The molecule has 3 rings (SSSR count). The summed E-state index contributed by atoms with van der Waals surface area (Å²) in [6.07, 6.45) is 7.92. The Morgan fingerprint density at radius 1 is 1.30 bits per heavy atom. The van der Waals surface area contributed by atoms with E-state index in [1.807, 2.05) is 6.07 Å². The maximum atomic E-state index is 5.67. The van der Waals surface area contributed by atoms with E-state index < -0.39 is 0 Å². The number of hydrogen-bond acceptors (Lipinski definition) is 3. The third-order valence-corrected chi connectivity index (χ3v) is 4.28. The number of hydrogen-bond donors (Lipinski definition) is 0. The molecule has 0 aliphatic carbocycles. The van der Waals surface area contributed by atoms with Crippen molar-refractivity contribution in [2.24, 2.45) is 5.92 Å². The van der Waals surface area contributed by atoms with Crippen molar-refractivity contribution in [2.45, 2.75) is 25.8 Å². The van der Waals surface area contributed by atoms with Gasteiger partial charge in [0, 0.05) is 18.5 Å². The van der Waals surface area contributed by atoms with Crippen LogP contribution in [0, 0.1) is 18.3 Å². The Hall–Kier alpha value is -1.66. The highest BCUT2D eigenvalue weighted by Crippen LogP contribution is 2.35. The van der Waals surface area contributed by atoms with E-state index in [9.17, 15) is 0 Å². The van der Waals surface area contributed by atoms with Gasteiger partial charge in [-0.3, -0.25) is 4.90 Å². The van der Waals surface area contributed by atoms with E-state index in [2.05, 4.69) is 29.9 Å². The Labute approximate surface area is 120 Å². The summed E-state index contributed by atoms with van der Waals surface area (Å²) in [4.78, 5) is 2.47. The molecule has 0 aromatic heterocycles. The van der Waals surface area contributed by atoms with Crippen LogP contribution in [0.4, 0.5) is 0 Å². The average molecular weight is 271 g/mol. The van der Waals surface area contributed by atoms with Crippen molar-refractivity contribution in [2.75, 3.05) is 26.3 Å². The summed E-state index contributed by atoms with van der Waals surface area (Å²) in [6.45, 7) is 5.62. The monoisotopic (exact) mass is 271 g/mol. The molecular formula is C17H21NO2. The molecule has 1 aromatic rings. The molecule has 2 heterocycles. The van der Waals surface area contributed by atoms with Crippen LogP contribution in [0.2, 0.25) is 0 Å². The van der Waals surface area contributed by atoms with Crippen LogP contribution in [-0.4, -0.2) is 31.2 Å². The summed E-state index contributed by atoms with van der Waals surface area (Å²) in [7, 11) is 0. The fourth-order valence-corrected chi connectivity index (χ4v) is 3.02. The van der Waals surface area contributed by atoms with Crippen LogP contribution in [0.25, 0.3) is 0 Å². The van der Waals surface area contributed by atoms with Gasteiger partial charge in [-0.05, 0) is 44.0 Å². The van der Waals surface area contributed by atoms with Crippen molar-refractivity contribution in [3.63, 3.8) is 0 Å². The summed E-state index contributed by atoms with van der Waals surface area (Å²) in [5.74, 6) is 5.02. The van der Waals surface area contributed by atoms with Gasteiger partial charge in [0.15, 0.2) is 11.5 Å². The van der Waals surface area contributed by atoms with Gasteiger partial charge in [-0.15, -0.1) is 12.3 Å². The maximum absolute atomic E-state index is 5.67. The van der Waals surface area contributed by atoms with Gasteiger partial charge in [0.25, 0.3) is 0 Å². The molecule has 2 atom stereocenters. The molecule has 3 nitrogen and oxygen atoms in total. The Morgan fingerprint density at radius 3 is 2.90 bits per heavy atom. The summed E-state index contributed by atoms with van der Waals surface area (Å²) in [5, 5.41) is 0. The van der Waals surface area contributed by atoms with Crippen LogP contribution in [0.5, 0.6) is 11.5 Å². The molecule has 0 N–H and O–H groups in total. The molecule has 0 amide bonds. The summed E-state index contributed by atoms with van der Waals surface area (Å²) >= 11 is 0. The van der Waals surface area contributed by atoms with Crippen LogP contribution in [0.1, 0.15) is 31.4 Å². The molecule has 1 fully saturated rings. The van der Waals surface area contributed by atoms with Crippen LogP contribution in [0.15, 0.2) is 18.2 Å². The van der Waals surface area contributed by atoms with E-state index in [4.69, 9.17) is 15.9 Å². The topological polar surface area (TPSA) is 21.7 Å². The van der Waals surface area contributed by atoms with Crippen molar-refractivity contribution in [1.29, 1.82) is 0 Å². The zero-order valence-corrected chi connectivity index (χ0v) is 12.0. The molecule has 2 aliphatic rings. The van der Waals surface area contributed by atoms with Gasteiger partial charge in [0.05, 0.1) is 0 Å². The van der Waals surface area contributed by atoms with E-state index in [0.717, 1.165) is 31.0 Å². The van der Waals surface area contributed by atoms with Gasteiger partial charge in [-0.25, -0.2) is 0 Å². The maximum Gasteiger partial charge on any atom is 0.161 e. The summed E-state index contributed by atoms with van der Waals surface area (Å²) < 4.78 is 11.2. The van der Waals surface area contributed by atoms with Gasteiger partial charge < -0.3 is 9.47 Å². The quantitative estimate of drug-likeness (QED) is 0.772. The number of rotatable bonds is 2. The predicted molar refractivity (Wildman–Crippen MR) is 79.0 cm³/mol. The van der Waals surface area contributed by atoms with Crippen LogP contribution < -0.4 is 9.47 Å². The van der Waals surface area contributed by atoms with E-state index in [1.54, 1.807) is 0 Å². The minimum atomic E-state index is 0.363. The zero-order chi connectivity index (χ0) is 13.9. The molecule has 2 unspecified atom stereocenters. The van der Waals surface area contributed by atoms with Crippen LogP contribution in [-0.2, 0) is 0 Å². The predicted octanol–water partition coefficient (Wildman–Crippen LogP) is 2.86. The standard InChI is InChI=1S/C17H21NO2/c1-3-14-5-4-8-18(12-14)13(2)15-6-7-16-17(11-15)20-10-9-19-16/h1,6-7,11,13-14H,4-5,8-10,12H2,2H3. The first-order chi connectivity index (χ1) is 9.78. The lowest BCUT2D eigenvalue weighted by Crippen LogP contribution is -2.36. The zero-order valence-electron chi connectivity index (χ0n) is 12.0. The number of likely N-dealkylation sites (tertiary alicyclic amines) is 1. The van der Waals surface area contributed by atoms with Crippen molar-refractivity contribution in [3.05, 3.63) is 23.8 Å². The lowest BCUT2D eigenvalue weighted by Gasteiger charge is -2.35. The molecule has 1 saturated heterocycles. The van der Waals surface area contributed by atoms with Gasteiger partial charge in [-0.1, -0.05) is 6.07 Å². The largest absolute Gasteiger partial charge is 0.486 e. The third-order valence-electron chi connectivity index (χ3n) is 4.28. The van der Waals surface area contributed by atoms with E-state index >= 15 is 0 Å². The number of piperidine rings is 1. The van der Waals surface area contributed by atoms with E-state index in [-0.39, 0.29) is 0 Å². The molecule has 3 heteroatoms.